The smallest absolute Gasteiger partial charge is 0.224 e. The molecule has 0 aliphatic carbocycles. The van der Waals surface area contributed by atoms with Gasteiger partial charge in [-0.1, -0.05) is 12.1 Å². The summed E-state index contributed by atoms with van der Waals surface area (Å²) >= 11 is 0. The van der Waals surface area contributed by atoms with Crippen molar-refractivity contribution < 1.29 is 4.39 Å². The highest BCUT2D eigenvalue weighted by Gasteiger charge is 2.10. The number of halogens is 1. The summed E-state index contributed by atoms with van der Waals surface area (Å²) in [5.41, 5.74) is 1.03. The Bertz CT molecular complexity index is 576. The average Bonchev–Trinajstić information content (AvgIpc) is 2.39. The molecule has 0 amide bonds. The Hall–Kier alpha value is -2.17. The van der Waals surface area contributed by atoms with Gasteiger partial charge in [-0.25, -0.2) is 9.37 Å². The lowest BCUT2D eigenvalue weighted by molar-refractivity contribution is 0.627. The van der Waals surface area contributed by atoms with E-state index in [9.17, 15) is 4.39 Å². The molecule has 2 aromatic rings. The van der Waals surface area contributed by atoms with Gasteiger partial charge in [-0.05, 0) is 51.0 Å². The molecule has 0 atom stereocenters. The van der Waals surface area contributed by atoms with Gasteiger partial charge in [-0.3, -0.25) is 0 Å². The van der Waals surface area contributed by atoms with Crippen LogP contribution in [0.3, 0.4) is 0 Å². The zero-order chi connectivity index (χ0) is 15.3. The van der Waals surface area contributed by atoms with Gasteiger partial charge in [0.15, 0.2) is 0 Å². The van der Waals surface area contributed by atoms with E-state index in [2.05, 4.69) is 41.4 Å². The molecule has 4 nitrogen and oxygen atoms in total. The van der Waals surface area contributed by atoms with Crippen LogP contribution in [0.2, 0.25) is 0 Å². The van der Waals surface area contributed by atoms with Crippen molar-refractivity contribution in [3.05, 3.63) is 47.9 Å². The summed E-state index contributed by atoms with van der Waals surface area (Å²) in [5, 5.41) is 6.48. The number of anilines is 2. The third kappa shape index (κ3) is 5.38. The third-order valence-corrected chi connectivity index (χ3v) is 2.77. The molecule has 112 valence electrons. The lowest BCUT2D eigenvalue weighted by Gasteiger charge is -2.21. The number of benzene rings is 1. The number of nitrogens with zero attached hydrogens (tertiary/aromatic N) is 2. The zero-order valence-corrected chi connectivity index (χ0v) is 12.7. The van der Waals surface area contributed by atoms with E-state index in [1.807, 2.05) is 6.07 Å². The topological polar surface area (TPSA) is 49.8 Å². The van der Waals surface area contributed by atoms with Gasteiger partial charge < -0.3 is 10.6 Å². The van der Waals surface area contributed by atoms with E-state index in [1.54, 1.807) is 18.3 Å². The molecule has 1 heterocycles. The van der Waals surface area contributed by atoms with Gasteiger partial charge in [-0.2, -0.15) is 4.98 Å². The van der Waals surface area contributed by atoms with Crippen LogP contribution in [0.5, 0.6) is 0 Å². The van der Waals surface area contributed by atoms with Gasteiger partial charge in [0.2, 0.25) is 5.95 Å². The molecule has 0 fully saturated rings. The lowest BCUT2D eigenvalue weighted by atomic mass is 10.1. The van der Waals surface area contributed by atoms with Crippen LogP contribution in [-0.2, 0) is 6.42 Å². The molecule has 1 aromatic carbocycles. The molecule has 0 unspecified atom stereocenters. The van der Waals surface area contributed by atoms with Gasteiger partial charge in [0, 0.05) is 18.3 Å². The number of hydrogen-bond acceptors (Lipinski definition) is 4. The SMILES string of the molecule is CC(C)(C)Nc1ccnc(NCCc2ccc(F)cc2)n1. The Morgan fingerprint density at radius 1 is 1.10 bits per heavy atom. The largest absolute Gasteiger partial charge is 0.365 e. The molecule has 0 saturated heterocycles. The van der Waals surface area contributed by atoms with Crippen molar-refractivity contribution in [1.82, 2.24) is 9.97 Å². The van der Waals surface area contributed by atoms with Crippen molar-refractivity contribution in [2.24, 2.45) is 0 Å². The maximum atomic E-state index is 12.8. The Kier molecular flexibility index (Phi) is 4.73. The third-order valence-electron chi connectivity index (χ3n) is 2.77. The van der Waals surface area contributed by atoms with E-state index in [4.69, 9.17) is 0 Å². The minimum absolute atomic E-state index is 0.0419. The second kappa shape index (κ2) is 6.52. The Balaban J connectivity index is 1.88. The second-order valence-corrected chi connectivity index (χ2v) is 5.94. The molecular weight excluding hydrogens is 267 g/mol. The van der Waals surface area contributed by atoms with Crippen molar-refractivity contribution in [1.29, 1.82) is 0 Å². The van der Waals surface area contributed by atoms with Crippen LogP contribution >= 0.6 is 0 Å². The van der Waals surface area contributed by atoms with Crippen molar-refractivity contribution in [2.45, 2.75) is 32.7 Å². The predicted molar refractivity (Wildman–Crippen MR) is 84.0 cm³/mol. The molecule has 0 bridgehead atoms. The van der Waals surface area contributed by atoms with Crippen molar-refractivity contribution in [2.75, 3.05) is 17.2 Å². The van der Waals surface area contributed by atoms with E-state index >= 15 is 0 Å². The normalized spacial score (nSPS) is 11.2. The van der Waals surface area contributed by atoms with E-state index in [-0.39, 0.29) is 11.4 Å². The van der Waals surface area contributed by atoms with Gasteiger partial charge in [0.1, 0.15) is 11.6 Å². The standard InChI is InChI=1S/C16H21FN4/c1-16(2,3)21-14-9-11-19-15(20-14)18-10-8-12-4-6-13(17)7-5-12/h4-7,9,11H,8,10H2,1-3H3,(H2,18,19,20,21). The first-order valence-electron chi connectivity index (χ1n) is 7.02. The minimum atomic E-state index is -0.212. The van der Waals surface area contributed by atoms with E-state index in [0.717, 1.165) is 17.8 Å². The van der Waals surface area contributed by atoms with E-state index in [1.165, 1.54) is 12.1 Å². The highest BCUT2D eigenvalue weighted by atomic mass is 19.1. The van der Waals surface area contributed by atoms with Crippen molar-refractivity contribution in [3.63, 3.8) is 0 Å². The van der Waals surface area contributed by atoms with Crippen LogP contribution in [-0.4, -0.2) is 22.1 Å². The number of hydrogen-bond donors (Lipinski definition) is 2. The maximum absolute atomic E-state index is 12.8. The van der Waals surface area contributed by atoms with Crippen LogP contribution in [0.25, 0.3) is 0 Å². The molecule has 0 aliphatic heterocycles. The fourth-order valence-corrected chi connectivity index (χ4v) is 1.87. The summed E-state index contributed by atoms with van der Waals surface area (Å²) < 4.78 is 12.8. The predicted octanol–water partition coefficient (Wildman–Crippen LogP) is 3.48. The minimum Gasteiger partial charge on any atom is -0.365 e. The van der Waals surface area contributed by atoms with Crippen LogP contribution in [0, 0.1) is 5.82 Å². The van der Waals surface area contributed by atoms with Gasteiger partial charge in [0.05, 0.1) is 0 Å². The van der Waals surface area contributed by atoms with Gasteiger partial charge >= 0.3 is 0 Å². The lowest BCUT2D eigenvalue weighted by Crippen LogP contribution is -2.26. The summed E-state index contributed by atoms with van der Waals surface area (Å²) in [6.45, 7) is 6.94. The molecule has 1 aromatic heterocycles. The zero-order valence-electron chi connectivity index (χ0n) is 12.7. The molecule has 2 N–H and O–H groups in total. The maximum Gasteiger partial charge on any atom is 0.224 e. The first kappa shape index (κ1) is 15.2. The highest BCUT2D eigenvalue weighted by molar-refractivity contribution is 5.41. The summed E-state index contributed by atoms with van der Waals surface area (Å²) in [6, 6.07) is 8.36. The van der Waals surface area contributed by atoms with Crippen LogP contribution in [0.1, 0.15) is 26.3 Å². The molecule has 5 heteroatoms. The summed E-state index contributed by atoms with van der Waals surface area (Å²) in [6.07, 6.45) is 2.52. The molecule has 0 aliphatic rings. The van der Waals surface area contributed by atoms with Crippen molar-refractivity contribution >= 4 is 11.8 Å². The first-order valence-corrected chi connectivity index (χ1v) is 7.02. The molecule has 0 spiro atoms. The number of nitrogens with one attached hydrogen (secondary N) is 2. The fraction of sp³-hybridized carbons (Fsp3) is 0.375. The molecule has 0 radical (unpaired) electrons. The van der Waals surface area contributed by atoms with Gasteiger partial charge in [0.25, 0.3) is 0 Å². The molecule has 2 rings (SSSR count). The first-order chi connectivity index (χ1) is 9.92. The summed E-state index contributed by atoms with van der Waals surface area (Å²) in [4.78, 5) is 8.60. The van der Waals surface area contributed by atoms with Crippen LogP contribution in [0.4, 0.5) is 16.2 Å². The fourth-order valence-electron chi connectivity index (χ4n) is 1.87. The molecular formula is C16H21FN4. The quantitative estimate of drug-likeness (QED) is 0.884. The highest BCUT2D eigenvalue weighted by Crippen LogP contribution is 2.12. The second-order valence-electron chi connectivity index (χ2n) is 5.94. The van der Waals surface area contributed by atoms with Crippen LogP contribution in [0.15, 0.2) is 36.5 Å². The summed E-state index contributed by atoms with van der Waals surface area (Å²) in [7, 11) is 0. The van der Waals surface area contributed by atoms with E-state index < -0.39 is 0 Å². The monoisotopic (exact) mass is 288 g/mol. The average molecular weight is 288 g/mol. The Labute approximate surface area is 124 Å². The number of rotatable bonds is 5. The number of aromatic nitrogens is 2. The Morgan fingerprint density at radius 3 is 2.48 bits per heavy atom. The Morgan fingerprint density at radius 2 is 1.81 bits per heavy atom. The summed E-state index contributed by atoms with van der Waals surface area (Å²) in [5.74, 6) is 1.17. The van der Waals surface area contributed by atoms with Gasteiger partial charge in [-0.15, -0.1) is 0 Å². The van der Waals surface area contributed by atoms with E-state index in [0.29, 0.717) is 12.5 Å². The van der Waals surface area contributed by atoms with Crippen LogP contribution < -0.4 is 10.6 Å². The van der Waals surface area contributed by atoms with Crippen molar-refractivity contribution in [3.8, 4) is 0 Å². The molecule has 0 saturated carbocycles. The molecule has 21 heavy (non-hydrogen) atoms.